The molecule has 4 rings (SSSR count). The highest BCUT2D eigenvalue weighted by Gasteiger charge is 2.30. The van der Waals surface area contributed by atoms with Crippen LogP contribution in [0.3, 0.4) is 0 Å². The number of nitrogens with zero attached hydrogens (tertiary/aromatic N) is 4. The van der Waals surface area contributed by atoms with Crippen molar-refractivity contribution in [2.24, 2.45) is 5.92 Å². The number of aryl methyl sites for hydroxylation is 2. The molecule has 6 nitrogen and oxygen atoms in total. The molecule has 2 saturated heterocycles. The van der Waals surface area contributed by atoms with Gasteiger partial charge in [0, 0.05) is 52.0 Å². The Morgan fingerprint density at radius 2 is 1.97 bits per heavy atom. The van der Waals surface area contributed by atoms with Gasteiger partial charge < -0.3 is 14.2 Å². The van der Waals surface area contributed by atoms with Gasteiger partial charge in [-0.2, -0.15) is 0 Å². The zero-order valence-electron chi connectivity index (χ0n) is 17.2. The monoisotopic (exact) mass is 460 g/mol. The first kappa shape index (κ1) is 20.4. The molecule has 156 valence electrons. The van der Waals surface area contributed by atoms with Gasteiger partial charge in [-0.15, -0.1) is 0 Å². The van der Waals surface area contributed by atoms with Gasteiger partial charge in [0.15, 0.2) is 0 Å². The van der Waals surface area contributed by atoms with Crippen molar-refractivity contribution in [1.29, 1.82) is 0 Å². The maximum atomic E-state index is 13.1. The number of carbonyl (C=O) groups is 1. The van der Waals surface area contributed by atoms with Crippen molar-refractivity contribution >= 4 is 27.7 Å². The Kier molecular flexibility index (Phi) is 6.25. The van der Waals surface area contributed by atoms with E-state index in [4.69, 9.17) is 4.42 Å². The molecule has 29 heavy (non-hydrogen) atoms. The zero-order valence-corrected chi connectivity index (χ0v) is 18.8. The molecule has 2 aromatic rings. The molecule has 0 aliphatic carbocycles. The summed E-state index contributed by atoms with van der Waals surface area (Å²) in [5, 5.41) is 0. The number of pyridine rings is 1. The van der Waals surface area contributed by atoms with Gasteiger partial charge in [0.05, 0.1) is 10.0 Å². The fraction of sp³-hybridized carbons (Fsp3) is 0.545. The van der Waals surface area contributed by atoms with Crippen LogP contribution < -0.4 is 4.90 Å². The van der Waals surface area contributed by atoms with E-state index in [2.05, 4.69) is 36.8 Å². The third kappa shape index (κ3) is 4.51. The molecule has 1 amide bonds. The topological polar surface area (TPSA) is 52.8 Å². The summed E-state index contributed by atoms with van der Waals surface area (Å²) in [4.78, 5) is 24.5. The summed E-state index contributed by atoms with van der Waals surface area (Å²) in [6.07, 6.45) is 4.11. The van der Waals surface area contributed by atoms with Gasteiger partial charge in [-0.3, -0.25) is 9.69 Å². The number of carbonyl (C=O) groups excluding carboxylic acids is 1. The van der Waals surface area contributed by atoms with E-state index in [1.54, 1.807) is 0 Å². The molecule has 1 unspecified atom stereocenters. The second kappa shape index (κ2) is 8.88. The summed E-state index contributed by atoms with van der Waals surface area (Å²) in [7, 11) is 0. The van der Waals surface area contributed by atoms with Crippen molar-refractivity contribution in [2.45, 2.75) is 26.7 Å². The van der Waals surface area contributed by atoms with Crippen molar-refractivity contribution in [2.75, 3.05) is 50.7 Å². The maximum Gasteiger partial charge on any atom is 0.258 e. The lowest BCUT2D eigenvalue weighted by molar-refractivity contribution is 0.0634. The quantitative estimate of drug-likeness (QED) is 0.695. The van der Waals surface area contributed by atoms with E-state index < -0.39 is 0 Å². The number of furan rings is 1. The van der Waals surface area contributed by atoms with Gasteiger partial charge in [-0.25, -0.2) is 4.98 Å². The molecular formula is C22H29BrN4O2. The first-order valence-electron chi connectivity index (χ1n) is 10.5. The van der Waals surface area contributed by atoms with Crippen molar-refractivity contribution < 1.29 is 9.21 Å². The van der Waals surface area contributed by atoms with Gasteiger partial charge in [0.2, 0.25) is 0 Å². The summed E-state index contributed by atoms with van der Waals surface area (Å²) in [6.45, 7) is 10.6. The Morgan fingerprint density at radius 1 is 1.17 bits per heavy atom. The normalized spacial score (nSPS) is 20.9. The Bertz CT molecular complexity index is 846. The number of rotatable bonds is 4. The predicted molar refractivity (Wildman–Crippen MR) is 117 cm³/mol. The predicted octanol–water partition coefficient (Wildman–Crippen LogP) is 3.73. The van der Waals surface area contributed by atoms with E-state index in [1.165, 1.54) is 6.42 Å². The maximum absolute atomic E-state index is 13.1. The highest BCUT2D eigenvalue weighted by Crippen LogP contribution is 2.30. The molecule has 0 aromatic carbocycles. The van der Waals surface area contributed by atoms with E-state index in [0.29, 0.717) is 17.2 Å². The van der Waals surface area contributed by atoms with Crippen molar-refractivity contribution in [1.82, 2.24) is 14.8 Å². The van der Waals surface area contributed by atoms with Crippen LogP contribution in [0.2, 0.25) is 0 Å². The summed E-state index contributed by atoms with van der Waals surface area (Å²) in [5.74, 6) is 3.16. The smallest absolute Gasteiger partial charge is 0.258 e. The van der Waals surface area contributed by atoms with Gasteiger partial charge in [0.1, 0.15) is 17.3 Å². The number of anilines is 1. The summed E-state index contributed by atoms with van der Waals surface area (Å²) < 4.78 is 6.44. The van der Waals surface area contributed by atoms with E-state index in [-0.39, 0.29) is 5.91 Å². The lowest BCUT2D eigenvalue weighted by Gasteiger charge is -2.39. The van der Waals surface area contributed by atoms with Gasteiger partial charge in [0.25, 0.3) is 5.91 Å². The molecule has 2 aliphatic rings. The molecule has 0 spiro atoms. The molecule has 0 N–H and O–H groups in total. The highest BCUT2D eigenvalue weighted by atomic mass is 79.9. The molecular weight excluding hydrogens is 432 g/mol. The average molecular weight is 461 g/mol. The first-order valence-corrected chi connectivity index (χ1v) is 11.3. The molecule has 2 aliphatic heterocycles. The Morgan fingerprint density at radius 3 is 2.62 bits per heavy atom. The molecule has 1 atom stereocenters. The largest absolute Gasteiger partial charge is 0.465 e. The minimum Gasteiger partial charge on any atom is -0.465 e. The van der Waals surface area contributed by atoms with Crippen molar-refractivity contribution in [3.63, 3.8) is 0 Å². The van der Waals surface area contributed by atoms with E-state index >= 15 is 0 Å². The Hall–Kier alpha value is -1.86. The fourth-order valence-electron chi connectivity index (χ4n) is 4.52. The van der Waals surface area contributed by atoms with E-state index in [9.17, 15) is 4.79 Å². The molecule has 4 heterocycles. The van der Waals surface area contributed by atoms with Crippen LogP contribution in [-0.2, 0) is 0 Å². The van der Waals surface area contributed by atoms with Gasteiger partial charge in [-0.05, 0) is 60.7 Å². The molecule has 0 radical (unpaired) electrons. The van der Waals surface area contributed by atoms with Crippen molar-refractivity contribution in [3.8, 4) is 0 Å². The Labute approximate surface area is 181 Å². The third-order valence-electron chi connectivity index (χ3n) is 6.07. The zero-order chi connectivity index (χ0) is 20.4. The number of amides is 1. The molecule has 0 bridgehead atoms. The second-order valence-corrected chi connectivity index (χ2v) is 8.93. The summed E-state index contributed by atoms with van der Waals surface area (Å²) in [6, 6.07) is 6.09. The minimum absolute atomic E-state index is 0.0934. The standard InChI is InChI=1S/C22H29BrN4O2/c1-16-20(21(23)17(2)29-16)22(28)27-9-5-6-18(15-27)14-25-10-12-26(13-11-25)19-7-3-4-8-24-19/h3-4,7-8,18H,5-6,9-15H2,1-2H3. The lowest BCUT2D eigenvalue weighted by atomic mass is 9.96. The number of piperazine rings is 1. The number of hydrogen-bond donors (Lipinski definition) is 0. The fourth-order valence-corrected chi connectivity index (χ4v) is 5.05. The Balaban J connectivity index is 1.32. The number of halogens is 1. The minimum atomic E-state index is 0.0934. The van der Waals surface area contributed by atoms with Crippen LogP contribution in [-0.4, -0.2) is 66.5 Å². The lowest BCUT2D eigenvalue weighted by Crippen LogP contribution is -2.50. The molecule has 2 fully saturated rings. The van der Waals surface area contributed by atoms with Crippen LogP contribution in [0.1, 0.15) is 34.7 Å². The van der Waals surface area contributed by atoms with E-state index in [1.807, 2.05) is 37.1 Å². The first-order chi connectivity index (χ1) is 14.0. The number of hydrogen-bond acceptors (Lipinski definition) is 5. The highest BCUT2D eigenvalue weighted by molar-refractivity contribution is 9.10. The SMILES string of the molecule is Cc1oc(C)c(C(=O)N2CCCC(CN3CCN(c4ccccn4)CC3)C2)c1Br. The summed E-state index contributed by atoms with van der Waals surface area (Å²) >= 11 is 3.53. The molecule has 2 aromatic heterocycles. The van der Waals surface area contributed by atoms with Crippen LogP contribution in [0, 0.1) is 19.8 Å². The van der Waals surface area contributed by atoms with E-state index in [0.717, 1.165) is 68.3 Å². The van der Waals surface area contributed by atoms with Crippen LogP contribution >= 0.6 is 15.9 Å². The number of aromatic nitrogens is 1. The number of likely N-dealkylation sites (tertiary alicyclic amines) is 1. The van der Waals surface area contributed by atoms with Crippen LogP contribution in [0.15, 0.2) is 33.3 Å². The molecule has 7 heteroatoms. The van der Waals surface area contributed by atoms with Crippen molar-refractivity contribution in [3.05, 3.63) is 46.0 Å². The molecule has 0 saturated carbocycles. The van der Waals surface area contributed by atoms with Crippen LogP contribution in [0.4, 0.5) is 5.82 Å². The average Bonchev–Trinajstić information content (AvgIpc) is 3.00. The second-order valence-electron chi connectivity index (χ2n) is 8.14. The third-order valence-corrected chi connectivity index (χ3v) is 7.02. The van der Waals surface area contributed by atoms with Crippen LogP contribution in [0.5, 0.6) is 0 Å². The van der Waals surface area contributed by atoms with Gasteiger partial charge >= 0.3 is 0 Å². The summed E-state index contributed by atoms with van der Waals surface area (Å²) in [5.41, 5.74) is 0.687. The van der Waals surface area contributed by atoms with Gasteiger partial charge in [-0.1, -0.05) is 6.07 Å². The van der Waals surface area contributed by atoms with Crippen LogP contribution in [0.25, 0.3) is 0 Å². The number of piperidine rings is 1.